The second-order valence-electron chi connectivity index (χ2n) is 2.98. The van der Waals surface area contributed by atoms with Crippen molar-refractivity contribution in [1.82, 2.24) is 0 Å². The predicted molar refractivity (Wildman–Crippen MR) is 51.1 cm³/mol. The molecule has 0 aliphatic carbocycles. The van der Waals surface area contributed by atoms with Gasteiger partial charge in [-0.15, -0.1) is 0 Å². The van der Waals surface area contributed by atoms with Crippen LogP contribution in [0, 0.1) is 6.92 Å². The molecule has 1 amide bonds. The van der Waals surface area contributed by atoms with Crippen LogP contribution in [0.1, 0.15) is 11.1 Å². The molecule has 58 valence electrons. The Bertz CT molecular complexity index is 384. The molecule has 0 saturated heterocycles. The van der Waals surface area contributed by atoms with Crippen molar-refractivity contribution in [3.63, 3.8) is 0 Å². The number of carbonyl (C=O) groups excluding carboxylic acids is 1. The van der Waals surface area contributed by atoms with Gasteiger partial charge in [0.25, 0.3) is 0 Å². The van der Waals surface area contributed by atoms with Crippen molar-refractivity contribution >= 4 is 24.5 Å². The Balaban J connectivity index is 2.63. The van der Waals surface area contributed by atoms with E-state index in [9.17, 15) is 4.79 Å². The Labute approximate surface area is 71.7 Å². The van der Waals surface area contributed by atoms with Gasteiger partial charge < -0.3 is 0 Å². The molecule has 1 heterocycles. The third kappa shape index (κ3) is 0.898. The van der Waals surface area contributed by atoms with Gasteiger partial charge in [0.2, 0.25) is 0 Å². The van der Waals surface area contributed by atoms with Gasteiger partial charge in [0, 0.05) is 0 Å². The molecule has 12 heavy (non-hydrogen) atoms. The van der Waals surface area contributed by atoms with Gasteiger partial charge in [0.15, 0.2) is 0 Å². The number of carbonyl (C=O) groups is 1. The van der Waals surface area contributed by atoms with E-state index in [1.165, 1.54) is 0 Å². The van der Waals surface area contributed by atoms with E-state index in [0.717, 1.165) is 16.8 Å². The average Bonchev–Trinajstić information content (AvgIpc) is 2.31. The van der Waals surface area contributed by atoms with E-state index >= 15 is 0 Å². The van der Waals surface area contributed by atoms with Gasteiger partial charge in [0.1, 0.15) is 0 Å². The van der Waals surface area contributed by atoms with Crippen molar-refractivity contribution in [2.24, 2.45) is 0 Å². The van der Waals surface area contributed by atoms with Crippen LogP contribution in [0.4, 0.5) is 5.69 Å². The van der Waals surface area contributed by atoms with Crippen molar-refractivity contribution in [3.05, 3.63) is 29.3 Å². The summed E-state index contributed by atoms with van der Waals surface area (Å²) in [5.74, 6) is -0.0874. The number of hydrogen-bond acceptors (Lipinski definition) is 1. The van der Waals surface area contributed by atoms with Crippen LogP contribution >= 0.6 is 0 Å². The molecule has 1 aliphatic heterocycles. The number of fused-ring (bicyclic) bond motifs is 1. The fourth-order valence-corrected chi connectivity index (χ4v) is 1.34. The van der Waals surface area contributed by atoms with E-state index < -0.39 is 0 Å². The second kappa shape index (κ2) is 2.30. The van der Waals surface area contributed by atoms with Crippen molar-refractivity contribution in [3.8, 4) is 0 Å². The number of benzene rings is 1. The first-order chi connectivity index (χ1) is 5.68. The van der Waals surface area contributed by atoms with Crippen molar-refractivity contribution < 1.29 is 4.79 Å². The number of anilines is 1. The zero-order chi connectivity index (χ0) is 8.72. The Kier molecular flexibility index (Phi) is 1.40. The van der Waals surface area contributed by atoms with Crippen LogP contribution in [-0.2, 0) is 4.79 Å². The number of nitrogens with one attached hydrogen (secondary N) is 1. The van der Waals surface area contributed by atoms with E-state index in [0.29, 0.717) is 5.46 Å². The summed E-state index contributed by atoms with van der Waals surface area (Å²) < 4.78 is 0. The first kappa shape index (κ1) is 7.28. The predicted octanol–water partition coefficient (Wildman–Crippen LogP) is 0.368. The summed E-state index contributed by atoms with van der Waals surface area (Å²) >= 11 is 0. The fraction of sp³-hybridized carbons (Fsp3) is 0.111. The van der Waals surface area contributed by atoms with Crippen LogP contribution < -0.4 is 5.32 Å². The van der Waals surface area contributed by atoms with E-state index in [1.54, 1.807) is 0 Å². The number of aryl methyl sites for hydroxylation is 1. The molecule has 0 bridgehead atoms. The summed E-state index contributed by atoms with van der Waals surface area (Å²) in [5, 5.41) is 2.74. The molecule has 1 aliphatic rings. The van der Waals surface area contributed by atoms with Crippen LogP contribution in [0.25, 0.3) is 0 Å². The van der Waals surface area contributed by atoms with Crippen LogP contribution in [0.5, 0.6) is 0 Å². The molecule has 1 N–H and O–H groups in total. The van der Waals surface area contributed by atoms with Gasteiger partial charge in [-0.1, -0.05) is 0 Å². The average molecular weight is 157 g/mol. The van der Waals surface area contributed by atoms with Gasteiger partial charge in [-0.05, 0) is 0 Å². The Morgan fingerprint density at radius 2 is 2.17 bits per heavy atom. The van der Waals surface area contributed by atoms with Crippen LogP contribution in [0.3, 0.4) is 0 Å². The third-order valence-corrected chi connectivity index (χ3v) is 2.02. The van der Waals surface area contributed by atoms with Crippen LogP contribution in [0.2, 0.25) is 0 Å². The van der Waals surface area contributed by atoms with E-state index in [2.05, 4.69) is 12.8 Å². The molecular formula is C9H8BNO. The normalized spacial score (nSPS) is 14.3. The Hall–Kier alpha value is -1.38. The summed E-state index contributed by atoms with van der Waals surface area (Å²) in [7, 11) is 3.71. The number of amides is 1. The van der Waals surface area contributed by atoms with Crippen LogP contribution in [-0.4, -0.2) is 18.9 Å². The van der Waals surface area contributed by atoms with Crippen molar-refractivity contribution in [1.29, 1.82) is 0 Å². The summed E-state index contributed by atoms with van der Waals surface area (Å²) in [6, 6.07) is 5.84. The first-order valence-electron chi connectivity index (χ1n) is 3.80. The van der Waals surface area contributed by atoms with Crippen molar-refractivity contribution in [2.45, 2.75) is 6.92 Å². The maximum atomic E-state index is 11.1. The van der Waals surface area contributed by atoms with E-state index in [-0.39, 0.29) is 5.91 Å². The Morgan fingerprint density at radius 3 is 2.92 bits per heavy atom. The van der Waals surface area contributed by atoms with Crippen LogP contribution in [0.15, 0.2) is 18.2 Å². The fourth-order valence-electron chi connectivity index (χ4n) is 1.34. The summed E-state index contributed by atoms with van der Waals surface area (Å²) in [6.45, 7) is 2.00. The third-order valence-electron chi connectivity index (χ3n) is 2.02. The van der Waals surface area contributed by atoms with E-state index in [1.807, 2.05) is 25.1 Å². The second-order valence-corrected chi connectivity index (χ2v) is 2.98. The topological polar surface area (TPSA) is 29.1 Å². The van der Waals surface area contributed by atoms with Gasteiger partial charge in [-0.25, -0.2) is 0 Å². The molecule has 0 fully saturated rings. The monoisotopic (exact) mass is 157 g/mol. The molecule has 2 rings (SSSR count). The molecule has 3 heteroatoms. The summed E-state index contributed by atoms with van der Waals surface area (Å²) in [6.07, 6.45) is 0. The van der Waals surface area contributed by atoms with E-state index in [4.69, 9.17) is 0 Å². The molecule has 1 aromatic carbocycles. The summed E-state index contributed by atoms with van der Waals surface area (Å²) in [4.78, 5) is 11.1. The molecule has 1 aromatic rings. The molecular weight excluding hydrogens is 149 g/mol. The molecule has 0 unspecified atom stereocenters. The first-order valence-corrected chi connectivity index (χ1v) is 3.80. The molecule has 0 atom stereocenters. The van der Waals surface area contributed by atoms with Gasteiger partial charge >= 0.3 is 70.9 Å². The number of hydrogen-bond donors (Lipinski definition) is 1. The molecule has 0 spiro atoms. The maximum absolute atomic E-state index is 11.1. The van der Waals surface area contributed by atoms with Crippen molar-refractivity contribution in [2.75, 3.05) is 5.32 Å². The standard InChI is InChI=1S/C9H8BNO/c1-5-2-3-7-6(4-5)8(10)9(12)11-7/h2-4,10H,1H3,(H,11,12). The molecule has 2 nitrogen and oxygen atoms in total. The molecule has 0 aromatic heterocycles. The Morgan fingerprint density at radius 1 is 1.42 bits per heavy atom. The minimum absolute atomic E-state index is 0.0874. The quantitative estimate of drug-likeness (QED) is 0.541. The SMILES string of the molecule is B=C1C(=O)Nc2ccc(C)cc21. The number of rotatable bonds is 0. The molecule has 0 saturated carbocycles. The summed E-state index contributed by atoms with van der Waals surface area (Å²) in [5.41, 5.74) is 3.51. The van der Waals surface area contributed by atoms with Gasteiger partial charge in [-0.3, -0.25) is 0 Å². The van der Waals surface area contributed by atoms with Gasteiger partial charge in [-0.2, -0.15) is 0 Å². The molecule has 0 radical (unpaired) electrons. The minimum atomic E-state index is -0.0874. The van der Waals surface area contributed by atoms with Gasteiger partial charge in [0.05, 0.1) is 0 Å². The zero-order valence-electron chi connectivity index (χ0n) is 6.85. The zero-order valence-corrected chi connectivity index (χ0v) is 6.85.